The molecule has 0 heterocycles. The van der Waals surface area contributed by atoms with Gasteiger partial charge in [-0.25, -0.2) is 0 Å². The molecule has 1 aromatic rings. The first-order valence-corrected chi connectivity index (χ1v) is 7.21. The lowest BCUT2D eigenvalue weighted by atomic mass is 9.99. The molecule has 0 fully saturated rings. The molecule has 0 aliphatic rings. The summed E-state index contributed by atoms with van der Waals surface area (Å²) < 4.78 is 0. The summed E-state index contributed by atoms with van der Waals surface area (Å²) >= 11 is 11.9. The number of benzene rings is 1. The Morgan fingerprint density at radius 1 is 1.22 bits per heavy atom. The zero-order valence-corrected chi connectivity index (χ0v) is 12.3. The topological polar surface area (TPSA) is 29.1 Å². The van der Waals surface area contributed by atoms with Gasteiger partial charge in [0, 0.05) is 17.3 Å². The van der Waals surface area contributed by atoms with Gasteiger partial charge in [0.05, 0.1) is 5.54 Å². The van der Waals surface area contributed by atoms with E-state index in [1.165, 1.54) is 0 Å². The van der Waals surface area contributed by atoms with Crippen molar-refractivity contribution in [3.05, 3.63) is 35.4 Å². The van der Waals surface area contributed by atoms with E-state index >= 15 is 0 Å². The fourth-order valence-corrected chi connectivity index (χ4v) is 2.54. The second-order valence-corrected chi connectivity index (χ2v) is 4.90. The zero-order valence-electron chi connectivity index (χ0n) is 10.8. The van der Waals surface area contributed by atoms with E-state index < -0.39 is 5.54 Å². The van der Waals surface area contributed by atoms with Crippen LogP contribution in [0.4, 0.5) is 0 Å². The number of aryl methyl sites for hydroxylation is 1. The first kappa shape index (κ1) is 15.3. The highest BCUT2D eigenvalue weighted by atomic mass is 35.5. The number of carbonyl (C=O) groups is 1. The number of amides is 1. The van der Waals surface area contributed by atoms with Gasteiger partial charge in [0.1, 0.15) is 0 Å². The van der Waals surface area contributed by atoms with Crippen molar-refractivity contribution >= 4 is 29.1 Å². The predicted molar refractivity (Wildman–Crippen MR) is 77.7 cm³/mol. The number of halogens is 2. The number of hydrogen-bond donors (Lipinski definition) is 1. The second kappa shape index (κ2) is 7.01. The van der Waals surface area contributed by atoms with Crippen LogP contribution in [0.3, 0.4) is 0 Å². The van der Waals surface area contributed by atoms with Crippen molar-refractivity contribution in [3.8, 4) is 0 Å². The largest absolute Gasteiger partial charge is 0.344 e. The minimum Gasteiger partial charge on any atom is -0.344 e. The molecule has 0 bridgehead atoms. The van der Waals surface area contributed by atoms with Crippen LogP contribution in [0.1, 0.15) is 36.2 Å². The molecule has 1 rings (SSSR count). The molecular formula is C14H19Cl2NO. The molecule has 0 atom stereocenters. The van der Waals surface area contributed by atoms with E-state index in [9.17, 15) is 4.79 Å². The monoisotopic (exact) mass is 287 g/mol. The van der Waals surface area contributed by atoms with Gasteiger partial charge in [0.25, 0.3) is 5.91 Å². The number of rotatable bonds is 6. The van der Waals surface area contributed by atoms with Crippen molar-refractivity contribution in [2.45, 2.75) is 32.2 Å². The smallest absolute Gasteiger partial charge is 0.252 e. The predicted octanol–water partition coefficient (Wildman–Crippen LogP) is 3.61. The lowest BCUT2D eigenvalue weighted by molar-refractivity contribution is 0.0912. The average molecular weight is 288 g/mol. The number of nitrogens with one attached hydrogen (secondary N) is 1. The number of carbonyl (C=O) groups excluding carboxylic acids is 1. The van der Waals surface area contributed by atoms with E-state index in [1.807, 2.05) is 38.1 Å². The van der Waals surface area contributed by atoms with Crippen LogP contribution in [-0.4, -0.2) is 23.2 Å². The molecule has 18 heavy (non-hydrogen) atoms. The van der Waals surface area contributed by atoms with E-state index in [0.29, 0.717) is 23.7 Å². The molecule has 0 saturated carbocycles. The van der Waals surface area contributed by atoms with E-state index in [-0.39, 0.29) is 5.91 Å². The lowest BCUT2D eigenvalue weighted by Gasteiger charge is -2.29. The molecule has 0 aromatic heterocycles. The molecule has 4 heteroatoms. The number of alkyl halides is 2. The molecule has 100 valence electrons. The number of hydrogen-bond acceptors (Lipinski definition) is 1. The quantitative estimate of drug-likeness (QED) is 0.796. The summed E-state index contributed by atoms with van der Waals surface area (Å²) in [6.07, 6.45) is 1.53. The Morgan fingerprint density at radius 2 is 1.83 bits per heavy atom. The third-order valence-corrected chi connectivity index (χ3v) is 4.23. The van der Waals surface area contributed by atoms with Crippen molar-refractivity contribution < 1.29 is 4.79 Å². The maximum Gasteiger partial charge on any atom is 0.252 e. The van der Waals surface area contributed by atoms with Gasteiger partial charge in [-0.3, -0.25) is 4.79 Å². The molecule has 0 aliphatic carbocycles. The Hall–Kier alpha value is -0.730. The highest BCUT2D eigenvalue weighted by Crippen LogP contribution is 2.17. The van der Waals surface area contributed by atoms with Crippen molar-refractivity contribution in [2.75, 3.05) is 11.8 Å². The maximum atomic E-state index is 12.3. The highest BCUT2D eigenvalue weighted by Gasteiger charge is 2.29. The van der Waals surface area contributed by atoms with E-state index in [4.69, 9.17) is 23.2 Å². The minimum absolute atomic E-state index is 0.101. The first-order valence-electron chi connectivity index (χ1n) is 6.14. The summed E-state index contributed by atoms with van der Waals surface area (Å²) in [5, 5.41) is 2.97. The van der Waals surface area contributed by atoms with Crippen molar-refractivity contribution in [3.63, 3.8) is 0 Å². The van der Waals surface area contributed by atoms with Gasteiger partial charge in [-0.2, -0.15) is 0 Å². The minimum atomic E-state index is -0.527. The van der Waals surface area contributed by atoms with Crippen LogP contribution < -0.4 is 5.32 Å². The van der Waals surface area contributed by atoms with Gasteiger partial charge < -0.3 is 5.32 Å². The lowest BCUT2D eigenvalue weighted by Crippen LogP contribution is -2.51. The molecule has 0 saturated heterocycles. The summed E-state index contributed by atoms with van der Waals surface area (Å²) in [5.74, 6) is 0.524. The third kappa shape index (κ3) is 3.39. The summed E-state index contributed by atoms with van der Waals surface area (Å²) in [6, 6.07) is 7.59. The molecular weight excluding hydrogens is 269 g/mol. The van der Waals surface area contributed by atoms with Gasteiger partial charge in [-0.1, -0.05) is 32.0 Å². The summed E-state index contributed by atoms with van der Waals surface area (Å²) in [6.45, 7) is 4.00. The van der Waals surface area contributed by atoms with Crippen LogP contribution >= 0.6 is 23.2 Å². The molecule has 0 aliphatic heterocycles. The average Bonchev–Trinajstić information content (AvgIpc) is 2.44. The molecule has 1 amide bonds. The van der Waals surface area contributed by atoms with Gasteiger partial charge >= 0.3 is 0 Å². The van der Waals surface area contributed by atoms with Gasteiger partial charge in [0.2, 0.25) is 0 Å². The van der Waals surface area contributed by atoms with E-state index in [0.717, 1.165) is 12.0 Å². The zero-order chi connectivity index (χ0) is 13.6. The maximum absolute atomic E-state index is 12.3. The molecule has 0 unspecified atom stereocenters. The summed E-state index contributed by atoms with van der Waals surface area (Å²) in [4.78, 5) is 12.3. The van der Waals surface area contributed by atoms with Gasteiger partial charge in [0.15, 0.2) is 0 Å². The Morgan fingerprint density at radius 3 is 2.33 bits per heavy atom. The van der Waals surface area contributed by atoms with Gasteiger partial charge in [-0.15, -0.1) is 23.2 Å². The molecule has 0 spiro atoms. The van der Waals surface area contributed by atoms with Crippen molar-refractivity contribution in [1.82, 2.24) is 5.32 Å². The fraction of sp³-hybridized carbons (Fsp3) is 0.500. The van der Waals surface area contributed by atoms with Crippen LogP contribution in [-0.2, 0) is 6.42 Å². The van der Waals surface area contributed by atoms with Crippen LogP contribution in [0.25, 0.3) is 0 Å². The van der Waals surface area contributed by atoms with E-state index in [2.05, 4.69) is 5.32 Å². The Bertz CT molecular complexity index is 394. The Balaban J connectivity index is 2.94. The molecule has 0 radical (unpaired) electrons. The standard InChI is InChI=1S/C14H19Cl2NO/c1-3-11-7-5-6-8-12(11)13(18)17-14(4-2,9-15)10-16/h5-8H,3-4,9-10H2,1-2H3,(H,17,18). The molecule has 1 N–H and O–H groups in total. The first-order chi connectivity index (χ1) is 8.62. The highest BCUT2D eigenvalue weighted by molar-refractivity contribution is 6.22. The summed E-state index contributed by atoms with van der Waals surface area (Å²) in [7, 11) is 0. The molecule has 1 aromatic carbocycles. The summed E-state index contributed by atoms with van der Waals surface area (Å²) in [5.41, 5.74) is 1.21. The third-order valence-electron chi connectivity index (χ3n) is 3.21. The normalized spacial score (nSPS) is 11.3. The van der Waals surface area contributed by atoms with Crippen LogP contribution in [0.5, 0.6) is 0 Å². The Labute approximate surface area is 119 Å². The fourth-order valence-electron chi connectivity index (χ4n) is 1.74. The van der Waals surface area contributed by atoms with Gasteiger partial charge in [-0.05, 0) is 24.5 Å². The SMILES string of the molecule is CCc1ccccc1C(=O)NC(CC)(CCl)CCl. The van der Waals surface area contributed by atoms with Crippen molar-refractivity contribution in [2.24, 2.45) is 0 Å². The van der Waals surface area contributed by atoms with Crippen molar-refractivity contribution in [1.29, 1.82) is 0 Å². The van der Waals surface area contributed by atoms with Crippen LogP contribution in [0, 0.1) is 0 Å². The van der Waals surface area contributed by atoms with E-state index in [1.54, 1.807) is 0 Å². The van der Waals surface area contributed by atoms with Crippen LogP contribution in [0.15, 0.2) is 24.3 Å². The Kier molecular flexibility index (Phi) is 5.97. The second-order valence-electron chi connectivity index (χ2n) is 4.37. The van der Waals surface area contributed by atoms with Crippen LogP contribution in [0.2, 0.25) is 0 Å². The molecule has 2 nitrogen and oxygen atoms in total.